The highest BCUT2D eigenvalue weighted by Crippen LogP contribution is 2.32. The van der Waals surface area contributed by atoms with Crippen LogP contribution in [0.2, 0.25) is 0 Å². The minimum absolute atomic E-state index is 0. The summed E-state index contributed by atoms with van der Waals surface area (Å²) in [5.41, 5.74) is 4.31. The minimum atomic E-state index is 0. The van der Waals surface area contributed by atoms with Gasteiger partial charge in [0.2, 0.25) is 0 Å². The molecule has 2 heterocycles. The number of hydrogen-bond donors (Lipinski definition) is 2. The van der Waals surface area contributed by atoms with Gasteiger partial charge in [-0.15, -0.1) is 12.4 Å². The lowest BCUT2D eigenvalue weighted by molar-refractivity contribution is 0.109. The summed E-state index contributed by atoms with van der Waals surface area (Å²) in [6.07, 6.45) is 4.56. The number of ether oxygens (including phenoxy) is 1. The number of methoxy groups -OCH3 is 1. The van der Waals surface area contributed by atoms with E-state index in [1.54, 1.807) is 7.11 Å². The smallest absolute Gasteiger partial charge is 0.295 e. The van der Waals surface area contributed by atoms with Gasteiger partial charge in [0.05, 0.1) is 13.2 Å². The number of benzene rings is 3. The van der Waals surface area contributed by atoms with Gasteiger partial charge in [-0.05, 0) is 62.5 Å². The van der Waals surface area contributed by atoms with Crippen LogP contribution in [0.15, 0.2) is 83.3 Å². The number of unbranched alkanes of at least 4 members (excludes halogenated alkanes) is 1. The molecule has 4 aromatic rings. The van der Waals surface area contributed by atoms with Crippen LogP contribution < -0.4 is 15.4 Å². The van der Waals surface area contributed by atoms with Crippen LogP contribution in [-0.4, -0.2) is 42.7 Å². The maximum atomic E-state index is 5.78. The Kier molecular flexibility index (Phi) is 9.83. The van der Waals surface area contributed by atoms with Crippen molar-refractivity contribution in [3.63, 3.8) is 0 Å². The van der Waals surface area contributed by atoms with E-state index >= 15 is 0 Å². The fraction of sp³-hybridized carbons (Fsp3) is 0.367. The zero-order chi connectivity index (χ0) is 24.6. The van der Waals surface area contributed by atoms with E-state index in [1.165, 1.54) is 24.0 Å². The first-order valence-electron chi connectivity index (χ1n) is 13.1. The highest BCUT2D eigenvalue weighted by molar-refractivity contribution is 5.85. The molecule has 0 saturated carbocycles. The zero-order valence-corrected chi connectivity index (χ0v) is 22.3. The highest BCUT2D eigenvalue weighted by Gasteiger charge is 2.32. The third kappa shape index (κ3) is 6.83. The molecule has 5 rings (SSSR count). The van der Waals surface area contributed by atoms with E-state index in [1.807, 2.05) is 36.4 Å². The Morgan fingerprint density at radius 1 is 0.973 bits per heavy atom. The lowest BCUT2D eigenvalue weighted by Gasteiger charge is -2.42. The highest BCUT2D eigenvalue weighted by atomic mass is 35.5. The summed E-state index contributed by atoms with van der Waals surface area (Å²) in [6.45, 7) is 3.86. The van der Waals surface area contributed by atoms with Crippen molar-refractivity contribution in [3.05, 3.63) is 90.0 Å². The van der Waals surface area contributed by atoms with Crippen molar-refractivity contribution in [3.8, 4) is 5.75 Å². The van der Waals surface area contributed by atoms with E-state index in [0.29, 0.717) is 18.1 Å². The normalized spacial score (nSPS) is 17.9. The summed E-state index contributed by atoms with van der Waals surface area (Å²) in [6, 6.07) is 28.5. The number of nitrogens with zero attached hydrogens (tertiary/aromatic N) is 2. The quantitative estimate of drug-likeness (QED) is 0.222. The van der Waals surface area contributed by atoms with E-state index in [4.69, 9.17) is 9.15 Å². The zero-order valence-electron chi connectivity index (χ0n) is 21.4. The number of likely N-dealkylation sites (tertiary alicyclic amines) is 1. The van der Waals surface area contributed by atoms with Gasteiger partial charge in [-0.2, -0.15) is 4.98 Å². The van der Waals surface area contributed by atoms with Crippen LogP contribution >= 0.6 is 12.4 Å². The molecule has 7 heteroatoms. The summed E-state index contributed by atoms with van der Waals surface area (Å²) < 4.78 is 11.4. The van der Waals surface area contributed by atoms with Crippen LogP contribution in [0, 0.1) is 0 Å². The van der Waals surface area contributed by atoms with Crippen LogP contribution in [0.3, 0.4) is 0 Å². The first-order chi connectivity index (χ1) is 17.8. The predicted octanol–water partition coefficient (Wildman–Crippen LogP) is 6.45. The van der Waals surface area contributed by atoms with Gasteiger partial charge in [-0.1, -0.05) is 60.7 Å². The summed E-state index contributed by atoms with van der Waals surface area (Å²) in [5.74, 6) is 0.945. The molecule has 2 unspecified atom stereocenters. The summed E-state index contributed by atoms with van der Waals surface area (Å²) in [7, 11) is 1.74. The SMILES string of the molecule is COc1ccccc1CNC1CCCN(CCCCNc2nc3ccccc3o2)C1c1ccccc1.Cl. The molecule has 1 aliphatic heterocycles. The molecule has 1 aliphatic rings. The predicted molar refractivity (Wildman–Crippen MR) is 153 cm³/mol. The van der Waals surface area contributed by atoms with Gasteiger partial charge < -0.3 is 19.8 Å². The number of piperidine rings is 1. The van der Waals surface area contributed by atoms with Crippen molar-refractivity contribution in [2.75, 3.05) is 32.1 Å². The van der Waals surface area contributed by atoms with E-state index in [9.17, 15) is 0 Å². The minimum Gasteiger partial charge on any atom is -0.496 e. The van der Waals surface area contributed by atoms with Crippen LogP contribution in [0.4, 0.5) is 6.01 Å². The Morgan fingerprint density at radius 3 is 2.59 bits per heavy atom. The molecule has 37 heavy (non-hydrogen) atoms. The Bertz CT molecular complexity index is 1200. The van der Waals surface area contributed by atoms with Crippen molar-refractivity contribution in [1.29, 1.82) is 0 Å². The Morgan fingerprint density at radius 2 is 1.76 bits per heavy atom. The van der Waals surface area contributed by atoms with Crippen LogP contribution in [0.25, 0.3) is 11.1 Å². The molecule has 3 aromatic carbocycles. The molecule has 6 nitrogen and oxygen atoms in total. The first kappa shape index (κ1) is 27.0. The molecule has 2 atom stereocenters. The first-order valence-corrected chi connectivity index (χ1v) is 13.1. The van der Waals surface area contributed by atoms with Crippen molar-refractivity contribution in [2.45, 2.75) is 44.3 Å². The van der Waals surface area contributed by atoms with E-state index in [-0.39, 0.29) is 12.4 Å². The third-order valence-electron chi connectivity index (χ3n) is 7.07. The molecule has 0 aliphatic carbocycles. The van der Waals surface area contributed by atoms with Gasteiger partial charge in [0.1, 0.15) is 11.3 Å². The molecule has 196 valence electrons. The van der Waals surface area contributed by atoms with Gasteiger partial charge >= 0.3 is 0 Å². The number of halogens is 1. The van der Waals surface area contributed by atoms with Gasteiger partial charge in [0.25, 0.3) is 6.01 Å². The van der Waals surface area contributed by atoms with Crippen LogP contribution in [0.5, 0.6) is 5.75 Å². The van der Waals surface area contributed by atoms with Gasteiger partial charge in [-0.3, -0.25) is 4.90 Å². The van der Waals surface area contributed by atoms with Gasteiger partial charge in [-0.25, -0.2) is 0 Å². The summed E-state index contributed by atoms with van der Waals surface area (Å²) >= 11 is 0. The maximum absolute atomic E-state index is 5.78. The Labute approximate surface area is 225 Å². The summed E-state index contributed by atoms with van der Waals surface area (Å²) in [5, 5.41) is 7.22. The molecule has 2 N–H and O–H groups in total. The van der Waals surface area contributed by atoms with Crippen molar-refractivity contribution in [2.24, 2.45) is 0 Å². The van der Waals surface area contributed by atoms with Gasteiger partial charge in [0, 0.05) is 24.7 Å². The lowest BCUT2D eigenvalue weighted by Crippen LogP contribution is -2.48. The largest absolute Gasteiger partial charge is 0.496 e. The number of nitrogens with one attached hydrogen (secondary N) is 2. The monoisotopic (exact) mass is 520 g/mol. The number of para-hydroxylation sites is 3. The molecule has 0 amide bonds. The lowest BCUT2D eigenvalue weighted by atomic mass is 9.89. The molecule has 0 radical (unpaired) electrons. The second-order valence-corrected chi connectivity index (χ2v) is 9.45. The van der Waals surface area contributed by atoms with E-state index in [2.05, 4.69) is 63.0 Å². The number of hydrogen-bond acceptors (Lipinski definition) is 6. The molecule has 1 fully saturated rings. The number of oxazole rings is 1. The number of rotatable bonds is 11. The van der Waals surface area contributed by atoms with E-state index < -0.39 is 0 Å². The van der Waals surface area contributed by atoms with Gasteiger partial charge in [0.15, 0.2) is 5.58 Å². The van der Waals surface area contributed by atoms with E-state index in [0.717, 1.165) is 55.9 Å². The van der Waals surface area contributed by atoms with Crippen LogP contribution in [0.1, 0.15) is 42.9 Å². The fourth-order valence-corrected chi connectivity index (χ4v) is 5.30. The number of fused-ring (bicyclic) bond motifs is 1. The standard InChI is InChI=1S/C30H36N4O2.ClH/c1-35-27-17-7-5-14-24(27)22-32-26-16-11-21-34(29(26)23-12-3-2-4-13-23)20-10-9-19-31-30-33-25-15-6-8-18-28(25)36-30;/h2-8,12-15,17-18,26,29,32H,9-11,16,19-22H2,1H3,(H,31,33);1H. The topological polar surface area (TPSA) is 62.6 Å². The Hall–Kier alpha value is -3.06. The number of anilines is 1. The number of aromatic nitrogens is 1. The molecular weight excluding hydrogens is 484 g/mol. The summed E-state index contributed by atoms with van der Waals surface area (Å²) in [4.78, 5) is 7.18. The van der Waals surface area contributed by atoms with Crippen molar-refractivity contribution in [1.82, 2.24) is 15.2 Å². The average Bonchev–Trinajstić information content (AvgIpc) is 3.35. The van der Waals surface area contributed by atoms with Crippen LogP contribution in [-0.2, 0) is 6.54 Å². The average molecular weight is 521 g/mol. The Balaban J connectivity index is 0.00000320. The van der Waals surface area contributed by atoms with Crippen molar-refractivity contribution < 1.29 is 9.15 Å². The fourth-order valence-electron chi connectivity index (χ4n) is 5.30. The second-order valence-electron chi connectivity index (χ2n) is 9.45. The second kappa shape index (κ2) is 13.5. The molecule has 1 saturated heterocycles. The molecule has 0 spiro atoms. The molecule has 0 bridgehead atoms. The maximum Gasteiger partial charge on any atom is 0.295 e. The third-order valence-corrected chi connectivity index (χ3v) is 7.07. The molecular formula is C30H37ClN4O2. The van der Waals surface area contributed by atoms with Crippen molar-refractivity contribution >= 4 is 29.5 Å². The molecule has 1 aromatic heterocycles.